The van der Waals surface area contributed by atoms with Gasteiger partial charge in [-0.1, -0.05) is 24.3 Å². The largest absolute Gasteiger partial charge is 0.497 e. The van der Waals surface area contributed by atoms with Crippen LogP contribution < -0.4 is 9.64 Å². The number of hydrogen-bond donors (Lipinski definition) is 1. The molecule has 0 bridgehead atoms. The third kappa shape index (κ3) is 4.01. The van der Waals surface area contributed by atoms with E-state index in [9.17, 15) is 4.79 Å². The van der Waals surface area contributed by atoms with Crippen molar-refractivity contribution in [1.82, 2.24) is 20.1 Å². The summed E-state index contributed by atoms with van der Waals surface area (Å²) < 4.78 is 5.23. The number of aromatic amines is 1. The van der Waals surface area contributed by atoms with E-state index in [0.29, 0.717) is 18.8 Å². The molecular formula is C25H25N5O2. The highest BCUT2D eigenvalue weighted by Crippen LogP contribution is 2.25. The fourth-order valence-corrected chi connectivity index (χ4v) is 4.09. The molecule has 32 heavy (non-hydrogen) atoms. The number of hydrogen-bond acceptors (Lipinski definition) is 5. The van der Waals surface area contributed by atoms with Crippen LogP contribution in [0, 0.1) is 0 Å². The number of nitrogens with one attached hydrogen (secondary N) is 1. The first-order valence-electron chi connectivity index (χ1n) is 10.8. The Labute approximate surface area is 186 Å². The number of nitrogens with zero attached hydrogens (tertiary/aromatic N) is 4. The molecule has 0 radical (unpaired) electrons. The molecule has 4 aromatic rings. The van der Waals surface area contributed by atoms with Gasteiger partial charge in [0, 0.05) is 37.6 Å². The Bertz CT molecular complexity index is 1230. The molecule has 0 spiro atoms. The van der Waals surface area contributed by atoms with Gasteiger partial charge in [0.15, 0.2) is 5.82 Å². The third-order valence-corrected chi connectivity index (χ3v) is 5.89. The highest BCUT2D eigenvalue weighted by Gasteiger charge is 2.22. The number of fused-ring (bicyclic) bond motifs is 1. The van der Waals surface area contributed by atoms with Crippen molar-refractivity contribution in [2.75, 3.05) is 38.2 Å². The van der Waals surface area contributed by atoms with Gasteiger partial charge in [-0.05, 0) is 48.4 Å². The number of carbonyl (C=O) groups excluding carboxylic acids is 1. The Morgan fingerprint density at radius 2 is 1.81 bits per heavy atom. The van der Waals surface area contributed by atoms with Gasteiger partial charge in [0.25, 0.3) is 5.91 Å². The monoisotopic (exact) mass is 427 g/mol. The standard InChI is InChI=1S/C25H25N5O2/c1-32-20-10-7-19(8-11-20)23-17-24(28-27-23)29-13-4-14-30(16-15-29)25(31)22-12-9-18-5-2-3-6-21(18)26-22/h2-3,5-12,17H,4,13-16H2,1H3,(H,27,28). The van der Waals surface area contributed by atoms with Crippen molar-refractivity contribution >= 4 is 22.6 Å². The van der Waals surface area contributed by atoms with E-state index >= 15 is 0 Å². The molecule has 0 saturated carbocycles. The summed E-state index contributed by atoms with van der Waals surface area (Å²) in [5.41, 5.74) is 3.36. The van der Waals surface area contributed by atoms with Crippen LogP contribution in [0.5, 0.6) is 5.75 Å². The van der Waals surface area contributed by atoms with Gasteiger partial charge >= 0.3 is 0 Å². The molecule has 162 valence electrons. The summed E-state index contributed by atoms with van der Waals surface area (Å²) in [5, 5.41) is 8.69. The lowest BCUT2D eigenvalue weighted by Crippen LogP contribution is -2.35. The van der Waals surface area contributed by atoms with E-state index < -0.39 is 0 Å². The number of anilines is 1. The van der Waals surface area contributed by atoms with Crippen molar-refractivity contribution in [2.45, 2.75) is 6.42 Å². The lowest BCUT2D eigenvalue weighted by molar-refractivity contribution is 0.0761. The summed E-state index contributed by atoms with van der Waals surface area (Å²) in [6.07, 6.45) is 0.879. The Morgan fingerprint density at radius 3 is 2.66 bits per heavy atom. The van der Waals surface area contributed by atoms with E-state index in [-0.39, 0.29) is 5.91 Å². The molecule has 1 N–H and O–H groups in total. The van der Waals surface area contributed by atoms with Crippen molar-refractivity contribution < 1.29 is 9.53 Å². The molecule has 5 rings (SSSR count). The van der Waals surface area contributed by atoms with Crippen molar-refractivity contribution in [2.24, 2.45) is 0 Å². The van der Waals surface area contributed by atoms with Crippen LogP contribution in [-0.4, -0.2) is 59.3 Å². The van der Waals surface area contributed by atoms with Gasteiger partial charge in [0.1, 0.15) is 11.4 Å². The minimum atomic E-state index is -0.0152. The molecule has 7 heteroatoms. The number of ether oxygens (including phenoxy) is 1. The molecule has 3 heterocycles. The molecule has 1 aliphatic heterocycles. The van der Waals surface area contributed by atoms with Crippen molar-refractivity contribution in [1.29, 1.82) is 0 Å². The number of H-pyrrole nitrogens is 1. The number of pyridine rings is 1. The predicted octanol–water partition coefficient (Wildman–Crippen LogP) is 3.99. The minimum Gasteiger partial charge on any atom is -0.497 e. The quantitative estimate of drug-likeness (QED) is 0.533. The molecule has 7 nitrogen and oxygen atoms in total. The van der Waals surface area contributed by atoms with Gasteiger partial charge in [0.05, 0.1) is 18.3 Å². The van der Waals surface area contributed by atoms with E-state index in [0.717, 1.165) is 53.2 Å². The molecule has 2 aromatic carbocycles. The molecule has 1 fully saturated rings. The zero-order valence-electron chi connectivity index (χ0n) is 18.0. The van der Waals surface area contributed by atoms with Gasteiger partial charge in [0.2, 0.25) is 0 Å². The molecule has 0 atom stereocenters. The first-order chi connectivity index (χ1) is 15.7. The van der Waals surface area contributed by atoms with Crippen LogP contribution >= 0.6 is 0 Å². The molecule has 1 amide bonds. The lowest BCUT2D eigenvalue weighted by atomic mass is 10.1. The second kappa shape index (κ2) is 8.70. The van der Waals surface area contributed by atoms with Gasteiger partial charge in [-0.3, -0.25) is 9.89 Å². The van der Waals surface area contributed by atoms with Crippen LogP contribution in [0.4, 0.5) is 5.82 Å². The van der Waals surface area contributed by atoms with E-state index in [1.54, 1.807) is 7.11 Å². The number of aromatic nitrogens is 3. The Kier molecular flexibility index (Phi) is 5.46. The topological polar surface area (TPSA) is 74.3 Å². The summed E-state index contributed by atoms with van der Waals surface area (Å²) in [6, 6.07) is 21.6. The van der Waals surface area contributed by atoms with Crippen molar-refractivity contribution in [3.8, 4) is 17.0 Å². The molecule has 0 unspecified atom stereocenters. The molecule has 1 aliphatic rings. The van der Waals surface area contributed by atoms with Crippen molar-refractivity contribution in [3.63, 3.8) is 0 Å². The lowest BCUT2D eigenvalue weighted by Gasteiger charge is -2.21. The smallest absolute Gasteiger partial charge is 0.272 e. The van der Waals surface area contributed by atoms with Gasteiger partial charge in [-0.2, -0.15) is 5.10 Å². The fraction of sp³-hybridized carbons (Fsp3) is 0.240. The average Bonchev–Trinajstić information content (AvgIpc) is 3.21. The molecule has 2 aromatic heterocycles. The van der Waals surface area contributed by atoms with Crippen LogP contribution in [-0.2, 0) is 0 Å². The average molecular weight is 428 g/mol. The molecular weight excluding hydrogens is 402 g/mol. The summed E-state index contributed by atoms with van der Waals surface area (Å²) in [7, 11) is 1.66. The maximum Gasteiger partial charge on any atom is 0.272 e. The summed E-state index contributed by atoms with van der Waals surface area (Å²) >= 11 is 0. The van der Waals surface area contributed by atoms with Crippen LogP contribution in [0.15, 0.2) is 66.7 Å². The zero-order chi connectivity index (χ0) is 21.9. The third-order valence-electron chi connectivity index (χ3n) is 5.89. The minimum absolute atomic E-state index is 0.0152. The Morgan fingerprint density at radius 1 is 0.969 bits per heavy atom. The Balaban J connectivity index is 1.27. The summed E-state index contributed by atoms with van der Waals surface area (Å²) in [5.74, 6) is 1.71. The Hall–Kier alpha value is -3.87. The summed E-state index contributed by atoms with van der Waals surface area (Å²) in [6.45, 7) is 2.92. The number of para-hydroxylation sites is 1. The SMILES string of the molecule is COc1ccc(-c2cc(N3CCCN(C(=O)c4ccc5ccccc5n4)CC3)n[nH]2)cc1. The number of rotatable bonds is 4. The maximum absolute atomic E-state index is 13.1. The van der Waals surface area contributed by atoms with Gasteiger partial charge < -0.3 is 14.5 Å². The zero-order valence-corrected chi connectivity index (χ0v) is 18.0. The second-order valence-corrected chi connectivity index (χ2v) is 7.89. The number of carbonyl (C=O) groups is 1. The maximum atomic E-state index is 13.1. The van der Waals surface area contributed by atoms with Gasteiger partial charge in [-0.15, -0.1) is 0 Å². The highest BCUT2D eigenvalue weighted by molar-refractivity contribution is 5.95. The van der Waals surface area contributed by atoms with Crippen LogP contribution in [0.2, 0.25) is 0 Å². The van der Waals surface area contributed by atoms with Crippen LogP contribution in [0.3, 0.4) is 0 Å². The normalized spacial score (nSPS) is 14.4. The predicted molar refractivity (Wildman–Crippen MR) is 125 cm³/mol. The van der Waals surface area contributed by atoms with Gasteiger partial charge in [-0.25, -0.2) is 4.98 Å². The number of benzene rings is 2. The fourth-order valence-electron chi connectivity index (χ4n) is 4.09. The van der Waals surface area contributed by atoms with E-state index in [2.05, 4.69) is 26.1 Å². The number of amides is 1. The summed E-state index contributed by atoms with van der Waals surface area (Å²) in [4.78, 5) is 21.8. The first-order valence-corrected chi connectivity index (χ1v) is 10.8. The van der Waals surface area contributed by atoms with E-state index in [4.69, 9.17) is 4.74 Å². The van der Waals surface area contributed by atoms with E-state index in [1.807, 2.05) is 65.6 Å². The van der Waals surface area contributed by atoms with E-state index in [1.165, 1.54) is 0 Å². The van der Waals surface area contributed by atoms with Crippen LogP contribution in [0.25, 0.3) is 22.2 Å². The van der Waals surface area contributed by atoms with Crippen molar-refractivity contribution in [3.05, 3.63) is 72.4 Å². The molecule has 1 saturated heterocycles. The highest BCUT2D eigenvalue weighted by atomic mass is 16.5. The second-order valence-electron chi connectivity index (χ2n) is 7.89. The first kappa shape index (κ1) is 20.1. The number of methoxy groups -OCH3 is 1. The van der Waals surface area contributed by atoms with Crippen LogP contribution in [0.1, 0.15) is 16.9 Å². The molecule has 0 aliphatic carbocycles.